The molecule has 7 nitrogen and oxygen atoms in total. The molecule has 0 aliphatic rings. The maximum Gasteiger partial charge on any atom is 0.193 e. The first-order valence-electron chi connectivity index (χ1n) is 5.84. The van der Waals surface area contributed by atoms with Crippen LogP contribution >= 0.6 is 11.6 Å². The lowest BCUT2D eigenvalue weighted by Crippen LogP contribution is -2.22. The molecule has 1 aromatic carbocycles. The van der Waals surface area contributed by atoms with Gasteiger partial charge in [-0.3, -0.25) is 0 Å². The molecule has 0 radical (unpaired) electrons. The number of nitrogens with two attached hydrogens (primary N) is 1. The fraction of sp³-hybridized carbons (Fsp3) is 0.250. The first-order valence-corrected chi connectivity index (χ1v) is 6.22. The molecule has 2 rings (SSSR count). The van der Waals surface area contributed by atoms with Crippen molar-refractivity contribution in [3.05, 3.63) is 35.1 Å². The highest BCUT2D eigenvalue weighted by Crippen LogP contribution is 2.26. The number of nitrogens with one attached hydrogen (secondary N) is 1. The first kappa shape index (κ1) is 14.1. The Kier molecular flexibility index (Phi) is 4.41. The van der Waals surface area contributed by atoms with Crippen molar-refractivity contribution in [1.29, 1.82) is 0 Å². The number of hydrogen-bond acceptors (Lipinski definition) is 4. The fourth-order valence-corrected chi connectivity index (χ4v) is 1.82. The van der Waals surface area contributed by atoms with Gasteiger partial charge in [0.25, 0.3) is 0 Å². The van der Waals surface area contributed by atoms with Crippen LogP contribution < -0.4 is 15.8 Å². The number of aliphatic imine (C=N–C) groups is 1. The van der Waals surface area contributed by atoms with Crippen LogP contribution in [0.5, 0.6) is 5.75 Å². The molecule has 20 heavy (non-hydrogen) atoms. The van der Waals surface area contributed by atoms with Gasteiger partial charge in [-0.05, 0) is 18.2 Å². The molecule has 0 unspecified atom stereocenters. The number of rotatable bonds is 4. The second-order valence-corrected chi connectivity index (χ2v) is 4.41. The van der Waals surface area contributed by atoms with Crippen molar-refractivity contribution >= 4 is 23.2 Å². The summed E-state index contributed by atoms with van der Waals surface area (Å²) >= 11 is 6.02. The van der Waals surface area contributed by atoms with Gasteiger partial charge in [-0.25, -0.2) is 4.99 Å². The van der Waals surface area contributed by atoms with Gasteiger partial charge >= 0.3 is 0 Å². The second kappa shape index (κ2) is 6.25. The number of guanidine groups is 1. The van der Waals surface area contributed by atoms with Crippen LogP contribution in [-0.2, 0) is 13.6 Å². The van der Waals surface area contributed by atoms with Crippen LogP contribution in [0.2, 0.25) is 5.02 Å². The van der Waals surface area contributed by atoms with E-state index < -0.39 is 0 Å². The molecule has 8 heteroatoms. The van der Waals surface area contributed by atoms with Crippen molar-refractivity contribution in [3.8, 4) is 5.75 Å². The molecular formula is C12H15ClN6O. The zero-order valence-corrected chi connectivity index (χ0v) is 11.9. The van der Waals surface area contributed by atoms with E-state index in [1.54, 1.807) is 38.6 Å². The van der Waals surface area contributed by atoms with Crippen LogP contribution in [0.25, 0.3) is 0 Å². The molecular weight excluding hydrogens is 280 g/mol. The lowest BCUT2D eigenvalue weighted by Gasteiger charge is -2.08. The number of ether oxygens (including phenoxy) is 1. The zero-order chi connectivity index (χ0) is 14.5. The number of nitrogens with zero attached hydrogens (tertiary/aromatic N) is 4. The van der Waals surface area contributed by atoms with Crippen LogP contribution in [-0.4, -0.2) is 28.1 Å². The van der Waals surface area contributed by atoms with Gasteiger partial charge in [0, 0.05) is 12.7 Å². The first-order chi connectivity index (χ1) is 9.58. The Labute approximate surface area is 121 Å². The van der Waals surface area contributed by atoms with E-state index >= 15 is 0 Å². The number of aryl methyl sites for hydroxylation is 1. The highest BCUT2D eigenvalue weighted by molar-refractivity contribution is 6.32. The van der Waals surface area contributed by atoms with E-state index in [0.29, 0.717) is 17.3 Å². The van der Waals surface area contributed by atoms with Crippen molar-refractivity contribution in [2.75, 3.05) is 12.4 Å². The van der Waals surface area contributed by atoms with Gasteiger partial charge in [0.15, 0.2) is 5.96 Å². The number of anilines is 1. The third-order valence-electron chi connectivity index (χ3n) is 2.48. The minimum atomic E-state index is 0.275. The van der Waals surface area contributed by atoms with Gasteiger partial charge in [0.1, 0.15) is 11.4 Å². The summed E-state index contributed by atoms with van der Waals surface area (Å²) in [6, 6.07) is 5.27. The zero-order valence-electron chi connectivity index (χ0n) is 11.2. The Bertz CT molecular complexity index is 624. The molecule has 106 valence electrons. The maximum absolute atomic E-state index is 6.02. The Morgan fingerprint density at radius 2 is 2.35 bits per heavy atom. The molecule has 0 saturated heterocycles. The Morgan fingerprint density at radius 1 is 1.55 bits per heavy atom. The minimum absolute atomic E-state index is 0.275. The fourth-order valence-electron chi connectivity index (χ4n) is 1.56. The van der Waals surface area contributed by atoms with E-state index in [9.17, 15) is 0 Å². The molecule has 0 amide bonds. The van der Waals surface area contributed by atoms with Gasteiger partial charge in [-0.1, -0.05) is 11.6 Å². The third-order valence-corrected chi connectivity index (χ3v) is 2.78. The predicted molar refractivity (Wildman–Crippen MR) is 78.0 cm³/mol. The van der Waals surface area contributed by atoms with Crippen molar-refractivity contribution in [3.63, 3.8) is 0 Å². The minimum Gasteiger partial charge on any atom is -0.495 e. The van der Waals surface area contributed by atoms with Crippen molar-refractivity contribution in [2.45, 2.75) is 6.54 Å². The van der Waals surface area contributed by atoms with Gasteiger partial charge < -0.3 is 15.8 Å². The lowest BCUT2D eigenvalue weighted by molar-refractivity contribution is 0.415. The van der Waals surface area contributed by atoms with E-state index in [-0.39, 0.29) is 5.96 Å². The number of methoxy groups -OCH3 is 1. The summed E-state index contributed by atoms with van der Waals surface area (Å²) in [5, 5.41) is 11.5. The highest BCUT2D eigenvalue weighted by Gasteiger charge is 2.03. The normalized spacial score (nSPS) is 11.4. The molecule has 0 spiro atoms. The van der Waals surface area contributed by atoms with Gasteiger partial charge in [-0.15, -0.1) is 0 Å². The number of halogens is 1. The lowest BCUT2D eigenvalue weighted by atomic mass is 10.3. The summed E-state index contributed by atoms with van der Waals surface area (Å²) in [4.78, 5) is 5.64. The summed E-state index contributed by atoms with van der Waals surface area (Å²) in [6.07, 6.45) is 1.64. The molecule has 0 atom stereocenters. The molecule has 0 aliphatic carbocycles. The molecule has 1 heterocycles. The third kappa shape index (κ3) is 3.61. The van der Waals surface area contributed by atoms with Crippen LogP contribution in [0.15, 0.2) is 29.4 Å². The molecule has 0 fully saturated rings. The number of aromatic nitrogens is 3. The van der Waals surface area contributed by atoms with E-state index in [1.165, 1.54) is 4.80 Å². The summed E-state index contributed by atoms with van der Waals surface area (Å²) < 4.78 is 5.07. The summed E-state index contributed by atoms with van der Waals surface area (Å²) in [5.74, 6) is 0.879. The molecule has 0 bridgehead atoms. The van der Waals surface area contributed by atoms with Crippen molar-refractivity contribution in [1.82, 2.24) is 15.0 Å². The largest absolute Gasteiger partial charge is 0.495 e. The Morgan fingerprint density at radius 3 is 2.95 bits per heavy atom. The summed E-state index contributed by atoms with van der Waals surface area (Å²) in [7, 11) is 3.30. The maximum atomic E-state index is 6.02. The summed E-state index contributed by atoms with van der Waals surface area (Å²) in [5.41, 5.74) is 7.26. The quantitative estimate of drug-likeness (QED) is 0.657. The SMILES string of the molecule is COc1ccc(NC(N)=NCc2cnn(C)n2)cc1Cl. The molecule has 3 N–H and O–H groups in total. The molecule has 1 aromatic heterocycles. The Hall–Kier alpha value is -2.28. The van der Waals surface area contributed by atoms with E-state index in [0.717, 1.165) is 11.4 Å². The molecule has 2 aromatic rings. The average Bonchev–Trinajstić information content (AvgIpc) is 2.82. The summed E-state index contributed by atoms with van der Waals surface area (Å²) in [6.45, 7) is 0.358. The van der Waals surface area contributed by atoms with Crippen LogP contribution in [0.3, 0.4) is 0 Å². The van der Waals surface area contributed by atoms with Crippen molar-refractivity contribution in [2.24, 2.45) is 17.8 Å². The van der Waals surface area contributed by atoms with E-state index in [1.807, 2.05) is 0 Å². The van der Waals surface area contributed by atoms with E-state index in [4.69, 9.17) is 22.1 Å². The topological polar surface area (TPSA) is 90.4 Å². The highest BCUT2D eigenvalue weighted by atomic mass is 35.5. The second-order valence-electron chi connectivity index (χ2n) is 4.00. The Balaban J connectivity index is 2.00. The monoisotopic (exact) mass is 294 g/mol. The van der Waals surface area contributed by atoms with Gasteiger partial charge in [0.2, 0.25) is 0 Å². The van der Waals surface area contributed by atoms with Crippen LogP contribution in [0.4, 0.5) is 5.69 Å². The average molecular weight is 295 g/mol. The van der Waals surface area contributed by atoms with Gasteiger partial charge in [0.05, 0.1) is 24.9 Å². The van der Waals surface area contributed by atoms with Crippen LogP contribution in [0.1, 0.15) is 5.69 Å². The number of hydrogen-bond donors (Lipinski definition) is 2. The number of benzene rings is 1. The van der Waals surface area contributed by atoms with E-state index in [2.05, 4.69) is 20.5 Å². The van der Waals surface area contributed by atoms with Crippen molar-refractivity contribution < 1.29 is 4.74 Å². The van der Waals surface area contributed by atoms with Crippen LogP contribution in [0, 0.1) is 0 Å². The standard InChI is InChI=1S/C12H15ClN6O/c1-19-16-7-9(18-19)6-15-12(14)17-8-3-4-11(20-2)10(13)5-8/h3-5,7H,6H2,1-2H3,(H3,14,15,17). The molecule has 0 saturated carbocycles. The predicted octanol–water partition coefficient (Wildman–Crippen LogP) is 1.40. The van der Waals surface area contributed by atoms with Gasteiger partial charge in [-0.2, -0.15) is 15.0 Å². The molecule has 0 aliphatic heterocycles. The smallest absolute Gasteiger partial charge is 0.193 e.